The van der Waals surface area contributed by atoms with Crippen molar-refractivity contribution in [3.05, 3.63) is 40.5 Å². The molecule has 1 aromatic rings. The summed E-state index contributed by atoms with van der Waals surface area (Å²) in [5, 5.41) is 3.06. The molecule has 0 heterocycles. The number of nitrogens with one attached hydrogen (secondary N) is 1. The molecule has 0 radical (unpaired) electrons. The van der Waals surface area contributed by atoms with Gasteiger partial charge in [-0.2, -0.15) is 0 Å². The van der Waals surface area contributed by atoms with Crippen LogP contribution < -0.4 is 5.32 Å². The molecule has 0 aliphatic carbocycles. The highest BCUT2D eigenvalue weighted by atomic mass is 16.1. The van der Waals surface area contributed by atoms with Crippen LogP contribution in [0.4, 0.5) is 0 Å². The molecule has 0 aliphatic rings. The maximum absolute atomic E-state index is 12.5. The van der Waals surface area contributed by atoms with Crippen molar-refractivity contribution in [3.63, 3.8) is 0 Å². The molecule has 3 nitrogen and oxygen atoms in total. The fourth-order valence-electron chi connectivity index (χ4n) is 2.95. The van der Waals surface area contributed by atoms with Crippen LogP contribution in [0, 0.1) is 6.92 Å². The fraction of sp³-hybridized carbons (Fsp3) is 0.609. The summed E-state index contributed by atoms with van der Waals surface area (Å²) in [6.07, 6.45) is 0. The van der Waals surface area contributed by atoms with Gasteiger partial charge in [0.05, 0.1) is 0 Å². The minimum absolute atomic E-state index is 0.00488. The molecule has 3 heteroatoms. The molecule has 0 aliphatic heterocycles. The van der Waals surface area contributed by atoms with E-state index >= 15 is 0 Å². The summed E-state index contributed by atoms with van der Waals surface area (Å²) >= 11 is 0. The van der Waals surface area contributed by atoms with E-state index in [1.807, 2.05) is 32.0 Å². The zero-order chi connectivity index (χ0) is 20.4. The van der Waals surface area contributed by atoms with Crippen molar-refractivity contribution in [2.45, 2.75) is 81.3 Å². The third-order valence-electron chi connectivity index (χ3n) is 4.64. The Morgan fingerprint density at radius 3 is 2.04 bits per heavy atom. The summed E-state index contributed by atoms with van der Waals surface area (Å²) in [5.74, 6) is 0.00488. The first-order valence-electron chi connectivity index (χ1n) is 9.94. The van der Waals surface area contributed by atoms with Gasteiger partial charge in [-0.05, 0) is 84.2 Å². The van der Waals surface area contributed by atoms with Crippen molar-refractivity contribution in [2.75, 3.05) is 13.1 Å². The van der Waals surface area contributed by atoms with E-state index in [-0.39, 0.29) is 5.91 Å². The average Bonchev–Trinajstić information content (AvgIpc) is 2.59. The fourth-order valence-corrected chi connectivity index (χ4v) is 2.95. The van der Waals surface area contributed by atoms with E-state index in [0.29, 0.717) is 18.6 Å². The minimum Gasteiger partial charge on any atom is -0.351 e. The lowest BCUT2D eigenvalue weighted by Crippen LogP contribution is -2.42. The zero-order valence-electron chi connectivity index (χ0n) is 18.7. The van der Waals surface area contributed by atoms with Gasteiger partial charge in [-0.1, -0.05) is 25.5 Å². The highest BCUT2D eigenvalue weighted by molar-refractivity contribution is 5.95. The molecule has 0 aromatic heterocycles. The number of rotatable bonds is 7. The lowest BCUT2D eigenvalue weighted by molar-refractivity contribution is 0.0939. The van der Waals surface area contributed by atoms with Crippen LogP contribution in [0.5, 0.6) is 0 Å². The molecule has 26 heavy (non-hydrogen) atoms. The van der Waals surface area contributed by atoms with E-state index in [4.69, 9.17) is 0 Å². The second kappa shape index (κ2) is 11.9. The molecular weight excluding hydrogens is 320 g/mol. The molecule has 1 rings (SSSR count). The monoisotopic (exact) mass is 360 g/mol. The smallest absolute Gasteiger partial charge is 0.251 e. The topological polar surface area (TPSA) is 32.3 Å². The van der Waals surface area contributed by atoms with Crippen LogP contribution in [0.15, 0.2) is 23.8 Å². The van der Waals surface area contributed by atoms with Crippen LogP contribution >= 0.6 is 0 Å². The van der Waals surface area contributed by atoms with Gasteiger partial charge in [0.2, 0.25) is 0 Å². The average molecular weight is 361 g/mol. The largest absolute Gasteiger partial charge is 0.351 e. The van der Waals surface area contributed by atoms with Crippen molar-refractivity contribution in [3.8, 4) is 0 Å². The summed E-state index contributed by atoms with van der Waals surface area (Å²) in [6.45, 7) is 22.7. The van der Waals surface area contributed by atoms with Crippen molar-refractivity contribution < 1.29 is 4.79 Å². The van der Waals surface area contributed by atoms with Crippen LogP contribution in [-0.2, 0) is 0 Å². The number of amides is 1. The summed E-state index contributed by atoms with van der Waals surface area (Å²) < 4.78 is 0. The first-order chi connectivity index (χ1) is 12.1. The van der Waals surface area contributed by atoms with Crippen LogP contribution in [0.2, 0.25) is 0 Å². The standard InChI is InChI=1S/C21H34N2O.C2H6/c1-14(2)18(8)20-13-19(10-9-17(20)7)21(24)22-11-12-23(15(3)4)16(5)6;1-2/h9-10,13,15-16H,11-12H2,1-8H3,(H,22,24);1-2H3. The summed E-state index contributed by atoms with van der Waals surface area (Å²) in [5.41, 5.74) is 5.62. The van der Waals surface area contributed by atoms with Crippen molar-refractivity contribution in [1.29, 1.82) is 0 Å². The van der Waals surface area contributed by atoms with E-state index in [0.717, 1.165) is 17.7 Å². The van der Waals surface area contributed by atoms with Gasteiger partial charge in [-0.3, -0.25) is 9.69 Å². The summed E-state index contributed by atoms with van der Waals surface area (Å²) in [4.78, 5) is 14.9. The number of benzene rings is 1. The molecule has 1 aromatic carbocycles. The maximum Gasteiger partial charge on any atom is 0.251 e. The third kappa shape index (κ3) is 7.33. The van der Waals surface area contributed by atoms with Gasteiger partial charge in [0.15, 0.2) is 0 Å². The van der Waals surface area contributed by atoms with E-state index in [9.17, 15) is 4.79 Å². The highest BCUT2D eigenvalue weighted by Crippen LogP contribution is 2.23. The zero-order valence-corrected chi connectivity index (χ0v) is 18.7. The number of aryl methyl sites for hydroxylation is 1. The van der Waals surface area contributed by atoms with E-state index < -0.39 is 0 Å². The lowest BCUT2D eigenvalue weighted by atomic mass is 9.96. The summed E-state index contributed by atoms with van der Waals surface area (Å²) in [6, 6.07) is 6.91. The number of nitrogens with zero attached hydrogens (tertiary/aromatic N) is 1. The molecule has 1 N–H and O–H groups in total. The number of allylic oxidation sites excluding steroid dienone is 2. The molecule has 0 spiro atoms. The van der Waals surface area contributed by atoms with Crippen molar-refractivity contribution in [2.24, 2.45) is 0 Å². The second-order valence-electron chi connectivity index (χ2n) is 7.34. The van der Waals surface area contributed by atoms with Crippen LogP contribution in [0.1, 0.15) is 83.8 Å². The Labute approximate surface area is 161 Å². The van der Waals surface area contributed by atoms with Gasteiger partial charge in [-0.15, -0.1) is 0 Å². The predicted molar refractivity (Wildman–Crippen MR) is 116 cm³/mol. The van der Waals surface area contributed by atoms with E-state index in [1.165, 1.54) is 16.7 Å². The summed E-state index contributed by atoms with van der Waals surface area (Å²) in [7, 11) is 0. The number of carbonyl (C=O) groups excluding carboxylic acids is 1. The van der Waals surface area contributed by atoms with Gasteiger partial charge < -0.3 is 5.32 Å². The van der Waals surface area contributed by atoms with Crippen LogP contribution in [0.25, 0.3) is 5.57 Å². The Morgan fingerprint density at radius 1 is 1.04 bits per heavy atom. The van der Waals surface area contributed by atoms with Gasteiger partial charge >= 0.3 is 0 Å². The number of hydrogen-bond acceptors (Lipinski definition) is 2. The SMILES string of the molecule is CC.CC(C)=C(C)c1cc(C(=O)NCCN(C(C)C)C(C)C)ccc1C. The minimum atomic E-state index is 0.00488. The Kier molecular flexibility index (Phi) is 11.2. The molecule has 148 valence electrons. The quantitative estimate of drug-likeness (QED) is 0.678. The molecule has 0 saturated carbocycles. The predicted octanol–water partition coefficient (Wildman–Crippen LogP) is 5.68. The molecule has 0 bridgehead atoms. The van der Waals surface area contributed by atoms with Gasteiger partial charge in [0, 0.05) is 30.7 Å². The highest BCUT2D eigenvalue weighted by Gasteiger charge is 2.14. The van der Waals surface area contributed by atoms with Gasteiger partial charge in [0.25, 0.3) is 5.91 Å². The molecular formula is C23H40N2O. The number of hydrogen-bond donors (Lipinski definition) is 1. The third-order valence-corrected chi connectivity index (χ3v) is 4.64. The Morgan fingerprint density at radius 2 is 1.58 bits per heavy atom. The first-order valence-corrected chi connectivity index (χ1v) is 9.94. The maximum atomic E-state index is 12.5. The normalized spacial score (nSPS) is 10.7. The molecule has 1 amide bonds. The Bertz CT molecular complexity index is 588. The van der Waals surface area contributed by atoms with Crippen molar-refractivity contribution >= 4 is 11.5 Å². The second-order valence-corrected chi connectivity index (χ2v) is 7.34. The lowest BCUT2D eigenvalue weighted by Gasteiger charge is -2.30. The Balaban J connectivity index is 0.00000301. The van der Waals surface area contributed by atoms with E-state index in [1.54, 1.807) is 0 Å². The van der Waals surface area contributed by atoms with Crippen LogP contribution in [0.3, 0.4) is 0 Å². The van der Waals surface area contributed by atoms with Crippen molar-refractivity contribution in [1.82, 2.24) is 10.2 Å². The Hall–Kier alpha value is -1.61. The molecule has 0 fully saturated rings. The van der Waals surface area contributed by atoms with E-state index in [2.05, 4.69) is 65.6 Å². The first kappa shape index (κ1) is 24.4. The van der Waals surface area contributed by atoms with Gasteiger partial charge in [0.1, 0.15) is 0 Å². The van der Waals surface area contributed by atoms with Gasteiger partial charge in [-0.25, -0.2) is 0 Å². The molecule has 0 saturated heterocycles. The number of carbonyl (C=O) groups is 1. The van der Waals surface area contributed by atoms with Crippen LogP contribution in [-0.4, -0.2) is 36.0 Å². The molecule has 0 atom stereocenters. The molecule has 0 unspecified atom stereocenters.